The van der Waals surface area contributed by atoms with Gasteiger partial charge in [0.05, 0.1) is 11.2 Å². The van der Waals surface area contributed by atoms with Crippen LogP contribution in [0.5, 0.6) is 0 Å². The number of fused-ring (bicyclic) bond motifs is 1. The molecule has 3 rings (SSSR count). The van der Waals surface area contributed by atoms with Crippen molar-refractivity contribution in [1.29, 1.82) is 0 Å². The first-order chi connectivity index (χ1) is 9.28. The van der Waals surface area contributed by atoms with E-state index in [0.717, 1.165) is 11.0 Å². The number of nitrogens with one attached hydrogen (secondary N) is 1. The number of hydrogen-bond donors (Lipinski definition) is 1. The molecule has 0 radical (unpaired) electrons. The average molecular weight is 276 g/mol. The lowest BCUT2D eigenvalue weighted by atomic mass is 9.79. The summed E-state index contributed by atoms with van der Waals surface area (Å²) in [7, 11) is -0.463. The van der Waals surface area contributed by atoms with Crippen LogP contribution in [-0.4, -0.2) is 29.4 Å². The summed E-state index contributed by atoms with van der Waals surface area (Å²) in [6, 6.07) is 1.89. The van der Waals surface area contributed by atoms with E-state index in [9.17, 15) is 4.79 Å². The molecule has 1 fully saturated rings. The summed E-state index contributed by atoms with van der Waals surface area (Å²) in [5.41, 5.74) is 0.857. The van der Waals surface area contributed by atoms with Gasteiger partial charge in [0.1, 0.15) is 12.4 Å². The first-order valence-electron chi connectivity index (χ1n) is 6.57. The number of cyclic esters (lactones) is 1. The van der Waals surface area contributed by atoms with Gasteiger partial charge in [-0.15, -0.1) is 0 Å². The summed E-state index contributed by atoms with van der Waals surface area (Å²) in [6.07, 6.45) is 1.18. The lowest BCUT2D eigenvalue weighted by Gasteiger charge is -2.32. The summed E-state index contributed by atoms with van der Waals surface area (Å²) in [5, 5.41) is 2.56. The third-order valence-corrected chi connectivity index (χ3v) is 4.09. The van der Waals surface area contributed by atoms with Crippen molar-refractivity contribution in [3.63, 3.8) is 0 Å². The third-order valence-electron chi connectivity index (χ3n) is 4.09. The van der Waals surface area contributed by atoms with Gasteiger partial charge in [-0.05, 0) is 27.7 Å². The SMILES string of the molecule is CC1(C)OB(c2cnc3c(c2)COC(=O)N3)OC1(C)C. The molecule has 6 nitrogen and oxygen atoms in total. The zero-order valence-electron chi connectivity index (χ0n) is 12.0. The van der Waals surface area contributed by atoms with Crippen LogP contribution in [0, 0.1) is 0 Å². The van der Waals surface area contributed by atoms with Gasteiger partial charge in [-0.2, -0.15) is 0 Å². The first kappa shape index (κ1) is 13.4. The van der Waals surface area contributed by atoms with Crippen molar-refractivity contribution < 1.29 is 18.8 Å². The predicted octanol–water partition coefficient (Wildman–Crippen LogP) is 1.44. The molecule has 20 heavy (non-hydrogen) atoms. The Morgan fingerprint density at radius 1 is 1.25 bits per heavy atom. The van der Waals surface area contributed by atoms with Gasteiger partial charge in [0.15, 0.2) is 0 Å². The van der Waals surface area contributed by atoms with Gasteiger partial charge in [-0.1, -0.05) is 6.07 Å². The quantitative estimate of drug-likeness (QED) is 0.786. The molecule has 0 aliphatic carbocycles. The number of rotatable bonds is 1. The van der Waals surface area contributed by atoms with E-state index in [2.05, 4.69) is 10.3 Å². The number of aromatic nitrogens is 1. The Balaban J connectivity index is 1.88. The first-order valence-corrected chi connectivity index (χ1v) is 6.57. The van der Waals surface area contributed by atoms with E-state index >= 15 is 0 Å². The van der Waals surface area contributed by atoms with Gasteiger partial charge in [0.25, 0.3) is 0 Å². The lowest BCUT2D eigenvalue weighted by Crippen LogP contribution is -2.41. The number of hydrogen-bond acceptors (Lipinski definition) is 5. The normalized spacial score (nSPS) is 23.0. The fraction of sp³-hybridized carbons (Fsp3) is 0.538. The van der Waals surface area contributed by atoms with Gasteiger partial charge >= 0.3 is 13.2 Å². The molecule has 1 aromatic heterocycles. The molecule has 1 saturated heterocycles. The summed E-state index contributed by atoms with van der Waals surface area (Å²) in [6.45, 7) is 8.22. The van der Waals surface area contributed by atoms with Crippen LogP contribution in [-0.2, 0) is 20.7 Å². The molecule has 0 atom stereocenters. The Morgan fingerprint density at radius 2 is 1.90 bits per heavy atom. The summed E-state index contributed by atoms with van der Waals surface area (Å²) in [4.78, 5) is 15.4. The highest BCUT2D eigenvalue weighted by Crippen LogP contribution is 2.36. The summed E-state index contributed by atoms with van der Waals surface area (Å²) < 4.78 is 16.9. The second-order valence-electron chi connectivity index (χ2n) is 6.07. The highest BCUT2D eigenvalue weighted by molar-refractivity contribution is 6.62. The van der Waals surface area contributed by atoms with Crippen molar-refractivity contribution in [1.82, 2.24) is 4.98 Å². The third kappa shape index (κ3) is 2.07. The molecular weight excluding hydrogens is 259 g/mol. The minimum atomic E-state index is -0.478. The fourth-order valence-corrected chi connectivity index (χ4v) is 2.14. The van der Waals surface area contributed by atoms with E-state index in [1.54, 1.807) is 6.20 Å². The van der Waals surface area contributed by atoms with Crippen LogP contribution in [0.3, 0.4) is 0 Å². The molecule has 0 unspecified atom stereocenters. The lowest BCUT2D eigenvalue weighted by molar-refractivity contribution is 0.00578. The smallest absolute Gasteiger partial charge is 0.444 e. The van der Waals surface area contributed by atoms with Crippen molar-refractivity contribution in [3.8, 4) is 0 Å². The summed E-state index contributed by atoms with van der Waals surface area (Å²) >= 11 is 0. The molecule has 0 spiro atoms. The fourth-order valence-electron chi connectivity index (χ4n) is 2.14. The zero-order valence-corrected chi connectivity index (χ0v) is 12.0. The van der Waals surface area contributed by atoms with E-state index in [0.29, 0.717) is 5.82 Å². The van der Waals surface area contributed by atoms with E-state index in [-0.39, 0.29) is 6.61 Å². The number of nitrogens with zero attached hydrogens (tertiary/aromatic N) is 1. The number of ether oxygens (including phenoxy) is 1. The van der Waals surface area contributed by atoms with E-state index in [1.807, 2.05) is 33.8 Å². The number of anilines is 1. The van der Waals surface area contributed by atoms with Crippen molar-refractivity contribution in [2.75, 3.05) is 5.32 Å². The van der Waals surface area contributed by atoms with Gasteiger partial charge < -0.3 is 14.0 Å². The van der Waals surface area contributed by atoms with Crippen molar-refractivity contribution in [2.24, 2.45) is 0 Å². The van der Waals surface area contributed by atoms with E-state index in [1.165, 1.54) is 0 Å². The van der Waals surface area contributed by atoms with Crippen LogP contribution >= 0.6 is 0 Å². The topological polar surface area (TPSA) is 69.7 Å². The van der Waals surface area contributed by atoms with E-state index in [4.69, 9.17) is 14.0 Å². The maximum atomic E-state index is 11.1. The van der Waals surface area contributed by atoms with Gasteiger partial charge in [0, 0.05) is 17.2 Å². The van der Waals surface area contributed by atoms with Gasteiger partial charge in [-0.3, -0.25) is 5.32 Å². The Bertz CT molecular complexity index is 557. The average Bonchev–Trinajstić information content (AvgIpc) is 2.58. The van der Waals surface area contributed by atoms with Crippen LogP contribution in [0.4, 0.5) is 10.6 Å². The Labute approximate surface area is 118 Å². The number of amides is 1. The van der Waals surface area contributed by atoms with Crippen LogP contribution in [0.2, 0.25) is 0 Å². The molecule has 106 valence electrons. The molecule has 0 aromatic carbocycles. The Morgan fingerprint density at radius 3 is 2.55 bits per heavy atom. The maximum Gasteiger partial charge on any atom is 0.496 e. The number of carbonyl (C=O) groups excluding carboxylic acids is 1. The van der Waals surface area contributed by atoms with E-state index < -0.39 is 24.4 Å². The Hall–Kier alpha value is -1.60. The second-order valence-corrected chi connectivity index (χ2v) is 6.07. The van der Waals surface area contributed by atoms with Crippen molar-refractivity contribution >= 4 is 24.5 Å². The molecular formula is C13H17BN2O4. The molecule has 1 N–H and O–H groups in total. The second kappa shape index (κ2) is 4.20. The van der Waals surface area contributed by atoms with Gasteiger partial charge in [-0.25, -0.2) is 9.78 Å². The molecule has 2 aliphatic heterocycles. The van der Waals surface area contributed by atoms with Crippen LogP contribution in [0.1, 0.15) is 33.3 Å². The molecule has 0 bridgehead atoms. The standard InChI is InChI=1S/C13H17BN2O4/c1-12(2)13(3,4)20-14(19-12)9-5-8-7-18-11(17)16-10(8)15-6-9/h5-6H,7H2,1-4H3,(H,15,16,17). The predicted molar refractivity (Wildman–Crippen MR) is 73.8 cm³/mol. The number of pyridine rings is 1. The van der Waals surface area contributed by atoms with Gasteiger partial charge in [0.2, 0.25) is 0 Å². The molecule has 7 heteroatoms. The molecule has 2 aliphatic rings. The minimum absolute atomic E-state index is 0.210. The molecule has 1 amide bonds. The van der Waals surface area contributed by atoms with Crippen LogP contribution in [0.25, 0.3) is 0 Å². The van der Waals surface area contributed by atoms with Crippen molar-refractivity contribution in [2.45, 2.75) is 45.5 Å². The molecule has 1 aromatic rings. The summed E-state index contributed by atoms with van der Waals surface area (Å²) in [5.74, 6) is 0.529. The van der Waals surface area contributed by atoms with Crippen LogP contribution < -0.4 is 10.8 Å². The highest BCUT2D eigenvalue weighted by Gasteiger charge is 2.51. The molecule has 3 heterocycles. The Kier molecular flexibility index (Phi) is 2.81. The van der Waals surface area contributed by atoms with Crippen LogP contribution in [0.15, 0.2) is 12.3 Å². The molecule has 0 saturated carbocycles. The maximum absolute atomic E-state index is 11.1. The number of carbonyl (C=O) groups is 1. The highest BCUT2D eigenvalue weighted by atomic mass is 16.7. The monoisotopic (exact) mass is 276 g/mol. The minimum Gasteiger partial charge on any atom is -0.444 e. The van der Waals surface area contributed by atoms with Crippen molar-refractivity contribution in [3.05, 3.63) is 17.8 Å². The largest absolute Gasteiger partial charge is 0.496 e. The zero-order chi connectivity index (χ0) is 14.5.